The predicted octanol–water partition coefficient (Wildman–Crippen LogP) is -1.02. The number of halogens is 2. The van der Waals surface area contributed by atoms with Crippen LogP contribution in [0.15, 0.2) is 0 Å². The minimum atomic E-state index is -3.35. The van der Waals surface area contributed by atoms with Gasteiger partial charge in [0.2, 0.25) is 0 Å². The highest BCUT2D eigenvalue weighted by molar-refractivity contribution is 4.88. The van der Waals surface area contributed by atoms with E-state index in [0.717, 1.165) is 0 Å². The van der Waals surface area contributed by atoms with Gasteiger partial charge in [0.25, 0.3) is 5.92 Å². The molecule has 0 spiro atoms. The Balaban J connectivity index is 2.69. The van der Waals surface area contributed by atoms with Gasteiger partial charge in [0.1, 0.15) is 12.2 Å². The quantitative estimate of drug-likeness (QED) is 0.496. The lowest BCUT2D eigenvalue weighted by Crippen LogP contribution is -2.54. The van der Waals surface area contributed by atoms with Crippen LogP contribution in [-0.2, 0) is 9.57 Å². The molecule has 4 N–H and O–H groups in total. The summed E-state index contributed by atoms with van der Waals surface area (Å²) in [5.41, 5.74) is 0. The number of alkyl halides is 2. The van der Waals surface area contributed by atoms with Crippen LogP contribution < -0.4 is 5.90 Å². The maximum absolute atomic E-state index is 12.9. The summed E-state index contributed by atoms with van der Waals surface area (Å²) in [4.78, 5) is 4.08. The van der Waals surface area contributed by atoms with E-state index in [-0.39, 0.29) is 0 Å². The number of rotatable bonds is 2. The molecule has 1 saturated heterocycles. The van der Waals surface area contributed by atoms with Gasteiger partial charge in [-0.15, -0.1) is 0 Å². The highest BCUT2D eigenvalue weighted by Gasteiger charge is 2.50. The van der Waals surface area contributed by atoms with Gasteiger partial charge < -0.3 is 14.9 Å². The molecule has 1 heterocycles. The van der Waals surface area contributed by atoms with Crippen molar-refractivity contribution in [3.8, 4) is 0 Å². The number of aliphatic hydroxyl groups is 2. The Morgan fingerprint density at radius 1 is 1.62 bits per heavy atom. The SMILES string of the molecule is NOC1CC(F)(F)[C@@H](O)[C@H](CO)O1. The second-order valence-electron chi connectivity index (χ2n) is 2.83. The van der Waals surface area contributed by atoms with Gasteiger partial charge in [-0.1, -0.05) is 0 Å². The van der Waals surface area contributed by atoms with E-state index in [1.807, 2.05) is 0 Å². The molecule has 0 amide bonds. The van der Waals surface area contributed by atoms with Gasteiger partial charge in [0, 0.05) is 0 Å². The molecule has 5 nitrogen and oxygen atoms in total. The molecule has 7 heteroatoms. The zero-order valence-corrected chi connectivity index (χ0v) is 6.69. The molecule has 1 unspecified atom stereocenters. The molecule has 13 heavy (non-hydrogen) atoms. The largest absolute Gasteiger partial charge is 0.394 e. The topological polar surface area (TPSA) is 84.9 Å². The summed E-state index contributed by atoms with van der Waals surface area (Å²) in [6.07, 6.45) is -5.50. The van der Waals surface area contributed by atoms with Crippen molar-refractivity contribution in [1.29, 1.82) is 0 Å². The van der Waals surface area contributed by atoms with Crippen LogP contribution in [0.4, 0.5) is 8.78 Å². The maximum Gasteiger partial charge on any atom is 0.281 e. The van der Waals surface area contributed by atoms with Crippen LogP contribution in [0.25, 0.3) is 0 Å². The van der Waals surface area contributed by atoms with Gasteiger partial charge in [-0.05, 0) is 0 Å². The van der Waals surface area contributed by atoms with Crippen molar-refractivity contribution in [1.82, 2.24) is 0 Å². The number of hydrogen-bond donors (Lipinski definition) is 3. The first-order valence-corrected chi connectivity index (χ1v) is 3.69. The van der Waals surface area contributed by atoms with Crippen LogP contribution in [0, 0.1) is 0 Å². The van der Waals surface area contributed by atoms with Crippen molar-refractivity contribution in [3.05, 3.63) is 0 Å². The van der Waals surface area contributed by atoms with Crippen LogP contribution >= 0.6 is 0 Å². The average Bonchev–Trinajstić information content (AvgIpc) is 2.09. The summed E-state index contributed by atoms with van der Waals surface area (Å²) in [5, 5.41) is 17.6. The summed E-state index contributed by atoms with van der Waals surface area (Å²) in [6, 6.07) is 0. The minimum Gasteiger partial charge on any atom is -0.394 e. The van der Waals surface area contributed by atoms with Crippen LogP contribution in [-0.4, -0.2) is 41.2 Å². The second-order valence-corrected chi connectivity index (χ2v) is 2.83. The van der Waals surface area contributed by atoms with Crippen molar-refractivity contribution in [3.63, 3.8) is 0 Å². The Kier molecular flexibility index (Phi) is 3.14. The molecule has 1 rings (SSSR count). The van der Waals surface area contributed by atoms with Crippen LogP contribution in [0.1, 0.15) is 6.42 Å². The second kappa shape index (κ2) is 3.81. The Labute approximate surface area is 73.0 Å². The fourth-order valence-electron chi connectivity index (χ4n) is 1.16. The number of aliphatic hydroxyl groups excluding tert-OH is 2. The number of hydrogen-bond acceptors (Lipinski definition) is 5. The third kappa shape index (κ3) is 2.12. The van der Waals surface area contributed by atoms with Gasteiger partial charge in [-0.25, -0.2) is 14.7 Å². The van der Waals surface area contributed by atoms with E-state index in [0.29, 0.717) is 0 Å². The Morgan fingerprint density at radius 3 is 2.69 bits per heavy atom. The van der Waals surface area contributed by atoms with E-state index in [9.17, 15) is 8.78 Å². The standard InChI is InChI=1S/C6H11F2NO4/c7-6(8)1-4(13-9)12-3(2-10)5(6)11/h3-5,10-11H,1-2,9H2/t3-,4?,5-/m0/s1. The molecular weight excluding hydrogens is 188 g/mol. The predicted molar refractivity (Wildman–Crippen MR) is 36.6 cm³/mol. The van der Waals surface area contributed by atoms with Gasteiger partial charge >= 0.3 is 0 Å². The lowest BCUT2D eigenvalue weighted by molar-refractivity contribution is -0.299. The first-order valence-electron chi connectivity index (χ1n) is 3.69. The normalized spacial score (nSPS) is 39.0. The Morgan fingerprint density at radius 2 is 2.23 bits per heavy atom. The summed E-state index contributed by atoms with van der Waals surface area (Å²) < 4.78 is 30.5. The third-order valence-electron chi connectivity index (χ3n) is 1.88. The third-order valence-corrected chi connectivity index (χ3v) is 1.88. The lowest BCUT2D eigenvalue weighted by Gasteiger charge is -2.37. The molecule has 0 aliphatic carbocycles. The molecular formula is C6H11F2NO4. The highest BCUT2D eigenvalue weighted by Crippen LogP contribution is 2.33. The molecule has 0 aromatic carbocycles. The molecule has 78 valence electrons. The number of nitrogens with two attached hydrogens (primary N) is 1. The van der Waals surface area contributed by atoms with Crippen molar-refractivity contribution in [2.24, 2.45) is 5.90 Å². The highest BCUT2D eigenvalue weighted by atomic mass is 19.3. The Bertz CT molecular complexity index is 180. The van der Waals surface area contributed by atoms with Gasteiger partial charge in [0.05, 0.1) is 13.0 Å². The summed E-state index contributed by atoms with van der Waals surface area (Å²) in [5.74, 6) is 1.31. The molecule has 3 atom stereocenters. The van der Waals surface area contributed by atoms with Crippen molar-refractivity contribution >= 4 is 0 Å². The molecule has 0 saturated carbocycles. The molecule has 1 fully saturated rings. The fraction of sp³-hybridized carbons (Fsp3) is 1.00. The monoisotopic (exact) mass is 199 g/mol. The zero-order chi connectivity index (χ0) is 10.1. The van der Waals surface area contributed by atoms with E-state index in [1.165, 1.54) is 0 Å². The summed E-state index contributed by atoms with van der Waals surface area (Å²) in [6.45, 7) is -0.712. The van der Waals surface area contributed by atoms with E-state index in [2.05, 4.69) is 10.7 Å². The smallest absolute Gasteiger partial charge is 0.281 e. The van der Waals surface area contributed by atoms with Crippen LogP contribution in [0.3, 0.4) is 0 Å². The average molecular weight is 199 g/mol. The van der Waals surface area contributed by atoms with Crippen LogP contribution in [0.2, 0.25) is 0 Å². The van der Waals surface area contributed by atoms with Gasteiger partial charge in [-0.2, -0.15) is 0 Å². The molecule has 0 radical (unpaired) electrons. The molecule has 0 bridgehead atoms. The van der Waals surface area contributed by atoms with Crippen molar-refractivity contribution in [2.75, 3.05) is 6.61 Å². The van der Waals surface area contributed by atoms with E-state index >= 15 is 0 Å². The number of ether oxygens (including phenoxy) is 1. The lowest BCUT2D eigenvalue weighted by atomic mass is 10.0. The maximum atomic E-state index is 12.9. The summed E-state index contributed by atoms with van der Waals surface area (Å²) >= 11 is 0. The van der Waals surface area contributed by atoms with Crippen molar-refractivity contribution in [2.45, 2.75) is 30.8 Å². The van der Waals surface area contributed by atoms with Crippen molar-refractivity contribution < 1.29 is 28.6 Å². The fourth-order valence-corrected chi connectivity index (χ4v) is 1.16. The van der Waals surface area contributed by atoms with Gasteiger partial charge in [-0.3, -0.25) is 4.84 Å². The molecule has 0 aromatic heterocycles. The first-order chi connectivity index (χ1) is 6.01. The van der Waals surface area contributed by atoms with E-state index < -0.39 is 37.4 Å². The molecule has 1 aliphatic heterocycles. The minimum absolute atomic E-state index is 0.712. The zero-order valence-electron chi connectivity index (χ0n) is 6.69. The van der Waals surface area contributed by atoms with E-state index in [4.69, 9.17) is 14.9 Å². The molecule has 1 aliphatic rings. The van der Waals surface area contributed by atoms with Gasteiger partial charge in [0.15, 0.2) is 6.29 Å². The first kappa shape index (κ1) is 10.7. The molecule has 0 aromatic rings. The summed E-state index contributed by atoms with van der Waals surface area (Å²) in [7, 11) is 0. The Hall–Kier alpha value is -0.340. The van der Waals surface area contributed by atoms with E-state index in [1.54, 1.807) is 0 Å². The van der Waals surface area contributed by atoms with Crippen LogP contribution in [0.5, 0.6) is 0 Å².